The first kappa shape index (κ1) is 14.5. The molecule has 1 fully saturated rings. The lowest BCUT2D eigenvalue weighted by molar-refractivity contribution is 0.121. The van der Waals surface area contributed by atoms with Crippen LogP contribution in [0.4, 0.5) is 0 Å². The highest BCUT2D eigenvalue weighted by Gasteiger charge is 2.31. The zero-order chi connectivity index (χ0) is 13.1. The molecule has 2 rings (SSSR count). The van der Waals surface area contributed by atoms with Gasteiger partial charge in [-0.05, 0) is 48.0 Å². The van der Waals surface area contributed by atoms with Crippen LogP contribution in [0, 0.1) is 0 Å². The van der Waals surface area contributed by atoms with E-state index in [0.29, 0.717) is 6.04 Å². The molecule has 0 aromatic carbocycles. The first-order chi connectivity index (χ1) is 8.63. The Balaban J connectivity index is 2.18. The SMILES string of the molecule is CCC(N)C(c1ccc(Br)s1)N(C)C1CCOC1. The summed E-state index contributed by atoms with van der Waals surface area (Å²) < 4.78 is 6.66. The van der Waals surface area contributed by atoms with Gasteiger partial charge in [-0.2, -0.15) is 0 Å². The van der Waals surface area contributed by atoms with Gasteiger partial charge in [-0.25, -0.2) is 0 Å². The van der Waals surface area contributed by atoms with Crippen molar-refractivity contribution in [3.63, 3.8) is 0 Å². The van der Waals surface area contributed by atoms with Crippen LogP contribution in [-0.4, -0.2) is 37.2 Å². The van der Waals surface area contributed by atoms with Crippen molar-refractivity contribution in [2.75, 3.05) is 20.3 Å². The van der Waals surface area contributed by atoms with E-state index in [-0.39, 0.29) is 12.1 Å². The second kappa shape index (κ2) is 6.48. The van der Waals surface area contributed by atoms with Crippen LogP contribution in [-0.2, 0) is 4.74 Å². The van der Waals surface area contributed by atoms with Crippen molar-refractivity contribution in [1.29, 1.82) is 0 Å². The lowest BCUT2D eigenvalue weighted by Crippen LogP contribution is -2.43. The quantitative estimate of drug-likeness (QED) is 0.900. The van der Waals surface area contributed by atoms with Gasteiger partial charge < -0.3 is 10.5 Å². The number of nitrogens with zero attached hydrogens (tertiary/aromatic N) is 1. The molecular formula is C13H21BrN2OS. The summed E-state index contributed by atoms with van der Waals surface area (Å²) in [6.07, 6.45) is 2.09. The second-order valence-electron chi connectivity index (χ2n) is 4.84. The summed E-state index contributed by atoms with van der Waals surface area (Å²) in [6.45, 7) is 3.85. The topological polar surface area (TPSA) is 38.5 Å². The van der Waals surface area contributed by atoms with E-state index in [2.05, 4.69) is 46.9 Å². The molecule has 1 aromatic heterocycles. The fourth-order valence-corrected chi connectivity index (χ4v) is 4.15. The first-order valence-corrected chi connectivity index (χ1v) is 8.05. The van der Waals surface area contributed by atoms with Gasteiger partial charge in [0.1, 0.15) is 0 Å². The minimum atomic E-state index is 0.168. The molecule has 0 saturated carbocycles. The number of halogens is 1. The molecule has 1 saturated heterocycles. The molecule has 2 heterocycles. The van der Waals surface area contributed by atoms with Gasteiger partial charge in [-0.3, -0.25) is 4.90 Å². The highest BCUT2D eigenvalue weighted by molar-refractivity contribution is 9.11. The summed E-state index contributed by atoms with van der Waals surface area (Å²) in [6, 6.07) is 5.24. The van der Waals surface area contributed by atoms with Gasteiger partial charge in [-0.15, -0.1) is 11.3 Å². The minimum Gasteiger partial charge on any atom is -0.380 e. The van der Waals surface area contributed by atoms with Crippen molar-refractivity contribution in [2.45, 2.75) is 37.9 Å². The standard InChI is InChI=1S/C13H21BrN2OS/c1-3-10(15)13(11-4-5-12(14)18-11)16(2)9-6-7-17-8-9/h4-5,9-10,13H,3,6-8,15H2,1-2H3. The van der Waals surface area contributed by atoms with Crippen molar-refractivity contribution in [1.82, 2.24) is 4.90 Å². The maximum absolute atomic E-state index is 6.34. The highest BCUT2D eigenvalue weighted by atomic mass is 79.9. The Bertz CT molecular complexity index is 379. The fourth-order valence-electron chi connectivity index (χ4n) is 2.49. The zero-order valence-electron chi connectivity index (χ0n) is 10.9. The average Bonchev–Trinajstić information content (AvgIpc) is 3.00. The molecule has 0 bridgehead atoms. The van der Waals surface area contributed by atoms with Crippen LogP contribution in [0.5, 0.6) is 0 Å². The van der Waals surface area contributed by atoms with Crippen molar-refractivity contribution in [3.05, 3.63) is 20.8 Å². The van der Waals surface area contributed by atoms with Crippen LogP contribution >= 0.6 is 27.3 Å². The Morgan fingerprint density at radius 3 is 2.89 bits per heavy atom. The summed E-state index contributed by atoms with van der Waals surface area (Å²) in [4.78, 5) is 3.74. The third-order valence-corrected chi connectivity index (χ3v) is 5.38. The molecule has 0 spiro atoms. The van der Waals surface area contributed by atoms with Crippen molar-refractivity contribution < 1.29 is 4.74 Å². The van der Waals surface area contributed by atoms with Gasteiger partial charge in [0.2, 0.25) is 0 Å². The molecule has 3 unspecified atom stereocenters. The van der Waals surface area contributed by atoms with E-state index in [9.17, 15) is 0 Å². The number of likely N-dealkylation sites (N-methyl/N-ethyl adjacent to an activating group) is 1. The predicted molar refractivity (Wildman–Crippen MR) is 80.0 cm³/mol. The lowest BCUT2D eigenvalue weighted by Gasteiger charge is -2.35. The highest BCUT2D eigenvalue weighted by Crippen LogP contribution is 2.34. The zero-order valence-corrected chi connectivity index (χ0v) is 13.3. The Hall–Kier alpha value is 0.0600. The van der Waals surface area contributed by atoms with Gasteiger partial charge in [0.25, 0.3) is 0 Å². The predicted octanol–water partition coefficient (Wildman–Crippen LogP) is 3.01. The molecule has 1 aliphatic rings. The number of hydrogen-bond donors (Lipinski definition) is 1. The number of hydrogen-bond acceptors (Lipinski definition) is 4. The van der Waals surface area contributed by atoms with E-state index in [1.807, 2.05) is 0 Å². The Morgan fingerprint density at radius 2 is 2.39 bits per heavy atom. The van der Waals surface area contributed by atoms with Crippen molar-refractivity contribution >= 4 is 27.3 Å². The van der Waals surface area contributed by atoms with Crippen LogP contribution in [0.15, 0.2) is 15.9 Å². The molecule has 1 aliphatic heterocycles. The molecule has 2 N–H and O–H groups in total. The number of ether oxygens (including phenoxy) is 1. The summed E-state index contributed by atoms with van der Waals surface area (Å²) in [5.74, 6) is 0. The van der Waals surface area contributed by atoms with Gasteiger partial charge in [0.05, 0.1) is 16.4 Å². The molecule has 5 heteroatoms. The number of rotatable bonds is 5. The third kappa shape index (κ3) is 3.14. The summed E-state index contributed by atoms with van der Waals surface area (Å²) >= 11 is 5.32. The van der Waals surface area contributed by atoms with Crippen LogP contribution in [0.3, 0.4) is 0 Å². The van der Waals surface area contributed by atoms with E-state index < -0.39 is 0 Å². The molecule has 3 atom stereocenters. The van der Waals surface area contributed by atoms with Crippen LogP contribution in [0.2, 0.25) is 0 Å². The molecule has 3 nitrogen and oxygen atoms in total. The van der Waals surface area contributed by atoms with E-state index in [0.717, 1.165) is 26.1 Å². The van der Waals surface area contributed by atoms with E-state index in [1.54, 1.807) is 11.3 Å². The van der Waals surface area contributed by atoms with Crippen LogP contribution in [0.1, 0.15) is 30.7 Å². The monoisotopic (exact) mass is 332 g/mol. The lowest BCUT2D eigenvalue weighted by atomic mass is 10.0. The Labute approximate surface area is 121 Å². The summed E-state index contributed by atoms with van der Waals surface area (Å²) in [5.41, 5.74) is 6.34. The van der Waals surface area contributed by atoms with E-state index in [1.165, 1.54) is 8.66 Å². The second-order valence-corrected chi connectivity index (χ2v) is 7.34. The van der Waals surface area contributed by atoms with Gasteiger partial charge in [-0.1, -0.05) is 6.92 Å². The summed E-state index contributed by atoms with van der Waals surface area (Å²) in [7, 11) is 2.17. The van der Waals surface area contributed by atoms with Crippen LogP contribution < -0.4 is 5.73 Å². The summed E-state index contributed by atoms with van der Waals surface area (Å²) in [5, 5.41) is 0. The minimum absolute atomic E-state index is 0.168. The van der Waals surface area contributed by atoms with Crippen molar-refractivity contribution in [2.24, 2.45) is 5.73 Å². The molecule has 18 heavy (non-hydrogen) atoms. The Kier molecular flexibility index (Phi) is 5.21. The first-order valence-electron chi connectivity index (χ1n) is 6.44. The third-order valence-electron chi connectivity index (χ3n) is 3.68. The number of nitrogens with two attached hydrogens (primary N) is 1. The molecule has 0 aliphatic carbocycles. The maximum Gasteiger partial charge on any atom is 0.0702 e. The maximum atomic E-state index is 6.34. The van der Waals surface area contributed by atoms with Crippen LogP contribution in [0.25, 0.3) is 0 Å². The van der Waals surface area contributed by atoms with E-state index >= 15 is 0 Å². The van der Waals surface area contributed by atoms with Crippen molar-refractivity contribution in [3.8, 4) is 0 Å². The molecule has 102 valence electrons. The smallest absolute Gasteiger partial charge is 0.0702 e. The molecular weight excluding hydrogens is 312 g/mol. The van der Waals surface area contributed by atoms with Gasteiger partial charge in [0, 0.05) is 23.6 Å². The molecule has 0 radical (unpaired) electrons. The largest absolute Gasteiger partial charge is 0.380 e. The Morgan fingerprint density at radius 1 is 1.61 bits per heavy atom. The van der Waals surface area contributed by atoms with Gasteiger partial charge in [0.15, 0.2) is 0 Å². The molecule has 1 aromatic rings. The van der Waals surface area contributed by atoms with Gasteiger partial charge >= 0.3 is 0 Å². The number of thiophene rings is 1. The average molecular weight is 333 g/mol. The molecule has 0 amide bonds. The normalized spacial score (nSPS) is 23.5. The fraction of sp³-hybridized carbons (Fsp3) is 0.692. The van der Waals surface area contributed by atoms with E-state index in [4.69, 9.17) is 10.5 Å².